The van der Waals surface area contributed by atoms with E-state index in [1.807, 2.05) is 0 Å². The van der Waals surface area contributed by atoms with Gasteiger partial charge in [0, 0.05) is 19.6 Å². The van der Waals surface area contributed by atoms with Crippen molar-refractivity contribution in [2.24, 2.45) is 11.3 Å². The van der Waals surface area contributed by atoms with Gasteiger partial charge in [-0.1, -0.05) is 60.8 Å². The fourth-order valence-electron chi connectivity index (χ4n) is 1.75. The fraction of sp³-hybridized carbons (Fsp3) is 1.00. The number of rotatable bonds is 10. The highest BCUT2D eigenvalue weighted by Crippen LogP contribution is 2.30. The second kappa shape index (κ2) is 13.5. The molecule has 0 spiro atoms. The average Bonchev–Trinajstić information content (AvgIpc) is 2.43. The van der Waals surface area contributed by atoms with Gasteiger partial charge in [0.05, 0.1) is 6.10 Å². The minimum absolute atomic E-state index is 0.216. The quantitative estimate of drug-likeness (QED) is 0.603. The molecule has 0 heterocycles. The summed E-state index contributed by atoms with van der Waals surface area (Å²) < 4.78 is 0. The van der Waals surface area contributed by atoms with Gasteiger partial charge >= 0.3 is 0 Å². The molecule has 0 amide bonds. The molecule has 0 radical (unpaired) electrons. The van der Waals surface area contributed by atoms with Gasteiger partial charge in [-0.15, -0.1) is 0 Å². The van der Waals surface area contributed by atoms with Crippen molar-refractivity contribution in [3.8, 4) is 0 Å². The van der Waals surface area contributed by atoms with Crippen LogP contribution < -0.4 is 5.32 Å². The predicted molar refractivity (Wildman–Crippen MR) is 95.9 cm³/mol. The number of nitrogens with one attached hydrogen (secondary N) is 1. The van der Waals surface area contributed by atoms with Crippen molar-refractivity contribution in [1.82, 2.24) is 10.2 Å². The second-order valence-corrected chi connectivity index (χ2v) is 7.19. The number of aliphatic hydroxyl groups is 1. The highest BCUT2D eigenvalue weighted by atomic mass is 16.3. The van der Waals surface area contributed by atoms with Gasteiger partial charge in [0.2, 0.25) is 0 Å². The Hall–Kier alpha value is -0.120. The van der Waals surface area contributed by atoms with Crippen LogP contribution in [0.15, 0.2) is 0 Å². The Morgan fingerprint density at radius 2 is 1.57 bits per heavy atom. The standard InChI is InChI=1S/C13H30N2O.C5H12/c1-6-13(3,7-2)10-12(16)11-14-8-9-15(4)5;1-4-5(2)3/h12,14,16H,6-11H2,1-5H3;5H,4H2,1-3H3. The monoisotopic (exact) mass is 302 g/mol. The Bertz CT molecular complexity index is 213. The van der Waals surface area contributed by atoms with E-state index in [-0.39, 0.29) is 6.10 Å². The minimum atomic E-state index is -0.216. The van der Waals surface area contributed by atoms with Crippen molar-refractivity contribution in [1.29, 1.82) is 0 Å². The third kappa shape index (κ3) is 16.1. The van der Waals surface area contributed by atoms with Gasteiger partial charge in [-0.3, -0.25) is 0 Å². The molecule has 2 N–H and O–H groups in total. The number of hydrogen-bond acceptors (Lipinski definition) is 3. The summed E-state index contributed by atoms with van der Waals surface area (Å²) in [6.45, 7) is 16.0. The number of nitrogens with zero attached hydrogens (tertiary/aromatic N) is 1. The van der Waals surface area contributed by atoms with Gasteiger partial charge in [-0.25, -0.2) is 0 Å². The van der Waals surface area contributed by atoms with Crippen molar-refractivity contribution < 1.29 is 5.11 Å². The van der Waals surface area contributed by atoms with Crippen LogP contribution in [0.3, 0.4) is 0 Å². The van der Waals surface area contributed by atoms with Gasteiger partial charge in [0.15, 0.2) is 0 Å². The zero-order valence-corrected chi connectivity index (χ0v) is 16.0. The third-order valence-electron chi connectivity index (χ3n) is 4.37. The molecule has 1 unspecified atom stereocenters. The molecule has 0 aromatic rings. The van der Waals surface area contributed by atoms with Crippen LogP contribution in [0.2, 0.25) is 0 Å². The first kappa shape index (κ1) is 23.2. The van der Waals surface area contributed by atoms with Crippen LogP contribution in [0.25, 0.3) is 0 Å². The molecular formula is C18H42N2O. The van der Waals surface area contributed by atoms with E-state index in [9.17, 15) is 5.11 Å². The van der Waals surface area contributed by atoms with E-state index in [4.69, 9.17) is 0 Å². The van der Waals surface area contributed by atoms with Crippen LogP contribution in [0, 0.1) is 11.3 Å². The topological polar surface area (TPSA) is 35.5 Å². The minimum Gasteiger partial charge on any atom is -0.392 e. The Morgan fingerprint density at radius 1 is 1.10 bits per heavy atom. The van der Waals surface area contributed by atoms with Gasteiger partial charge in [-0.2, -0.15) is 0 Å². The fourth-order valence-corrected chi connectivity index (χ4v) is 1.75. The molecule has 3 nitrogen and oxygen atoms in total. The van der Waals surface area contributed by atoms with E-state index >= 15 is 0 Å². The van der Waals surface area contributed by atoms with E-state index in [0.717, 1.165) is 38.3 Å². The maximum atomic E-state index is 9.94. The van der Waals surface area contributed by atoms with E-state index in [2.05, 4.69) is 65.9 Å². The van der Waals surface area contributed by atoms with E-state index in [0.29, 0.717) is 12.0 Å². The van der Waals surface area contributed by atoms with Crippen molar-refractivity contribution in [3.63, 3.8) is 0 Å². The molecule has 0 saturated heterocycles. The SMILES string of the molecule is CCC(C)(CC)CC(O)CNCCN(C)C.CCC(C)C. The average molecular weight is 303 g/mol. The van der Waals surface area contributed by atoms with Crippen LogP contribution in [-0.4, -0.2) is 49.8 Å². The lowest BCUT2D eigenvalue weighted by Gasteiger charge is -2.29. The molecule has 3 heteroatoms. The first-order chi connectivity index (χ1) is 9.70. The highest BCUT2D eigenvalue weighted by Gasteiger charge is 2.23. The molecule has 0 rings (SSSR count). The molecule has 130 valence electrons. The van der Waals surface area contributed by atoms with Gasteiger partial charge in [0.25, 0.3) is 0 Å². The number of likely N-dealkylation sites (N-methyl/N-ethyl adjacent to an activating group) is 1. The summed E-state index contributed by atoms with van der Waals surface area (Å²) in [7, 11) is 4.12. The molecule has 0 aromatic heterocycles. The van der Waals surface area contributed by atoms with Crippen LogP contribution in [-0.2, 0) is 0 Å². The Morgan fingerprint density at radius 3 is 1.90 bits per heavy atom. The summed E-state index contributed by atoms with van der Waals surface area (Å²) in [5.74, 6) is 0.884. The van der Waals surface area contributed by atoms with Crippen LogP contribution in [0.5, 0.6) is 0 Å². The summed E-state index contributed by atoms with van der Waals surface area (Å²) in [6.07, 6.45) is 4.26. The van der Waals surface area contributed by atoms with E-state index in [1.54, 1.807) is 0 Å². The molecule has 0 fully saturated rings. The van der Waals surface area contributed by atoms with Crippen LogP contribution in [0.4, 0.5) is 0 Å². The normalized spacial score (nSPS) is 13.3. The van der Waals surface area contributed by atoms with Gasteiger partial charge in [0.1, 0.15) is 0 Å². The maximum Gasteiger partial charge on any atom is 0.0669 e. The molecule has 0 bridgehead atoms. The Balaban J connectivity index is 0. The lowest BCUT2D eigenvalue weighted by atomic mass is 9.79. The van der Waals surface area contributed by atoms with Gasteiger partial charge < -0.3 is 15.3 Å². The van der Waals surface area contributed by atoms with Crippen molar-refractivity contribution >= 4 is 0 Å². The van der Waals surface area contributed by atoms with Crippen molar-refractivity contribution in [3.05, 3.63) is 0 Å². The number of hydrogen-bond donors (Lipinski definition) is 2. The van der Waals surface area contributed by atoms with Crippen LogP contribution in [0.1, 0.15) is 67.2 Å². The maximum absolute atomic E-state index is 9.94. The molecule has 0 aromatic carbocycles. The van der Waals surface area contributed by atoms with Gasteiger partial charge in [-0.05, 0) is 31.8 Å². The molecule has 0 aliphatic heterocycles. The zero-order valence-electron chi connectivity index (χ0n) is 16.0. The lowest BCUT2D eigenvalue weighted by Crippen LogP contribution is -2.35. The Labute approximate surface area is 134 Å². The number of aliphatic hydroxyl groups excluding tert-OH is 1. The molecule has 0 aliphatic rings. The molecule has 21 heavy (non-hydrogen) atoms. The largest absolute Gasteiger partial charge is 0.392 e. The summed E-state index contributed by atoms with van der Waals surface area (Å²) >= 11 is 0. The summed E-state index contributed by atoms with van der Waals surface area (Å²) in [6, 6.07) is 0. The Kier molecular flexibility index (Phi) is 14.9. The molecular weight excluding hydrogens is 260 g/mol. The first-order valence-electron chi connectivity index (χ1n) is 8.74. The summed E-state index contributed by atoms with van der Waals surface area (Å²) in [4.78, 5) is 2.14. The zero-order chi connectivity index (χ0) is 16.9. The van der Waals surface area contributed by atoms with Crippen molar-refractivity contribution in [2.45, 2.75) is 73.3 Å². The summed E-state index contributed by atoms with van der Waals surface area (Å²) in [5, 5.41) is 13.2. The first-order valence-corrected chi connectivity index (χ1v) is 8.74. The van der Waals surface area contributed by atoms with E-state index < -0.39 is 0 Å². The molecule has 0 aliphatic carbocycles. The summed E-state index contributed by atoms with van der Waals surface area (Å²) in [5.41, 5.74) is 0.294. The van der Waals surface area contributed by atoms with Crippen molar-refractivity contribution in [2.75, 3.05) is 33.7 Å². The lowest BCUT2D eigenvalue weighted by molar-refractivity contribution is 0.0989. The van der Waals surface area contributed by atoms with Crippen LogP contribution >= 0.6 is 0 Å². The highest BCUT2D eigenvalue weighted by molar-refractivity contribution is 4.76. The second-order valence-electron chi connectivity index (χ2n) is 7.19. The molecule has 0 saturated carbocycles. The smallest absolute Gasteiger partial charge is 0.0669 e. The molecule has 1 atom stereocenters. The third-order valence-corrected chi connectivity index (χ3v) is 4.37. The predicted octanol–water partition coefficient (Wildman–Crippen LogP) is 3.77. The van der Waals surface area contributed by atoms with E-state index in [1.165, 1.54) is 6.42 Å².